The highest BCUT2D eigenvalue weighted by atomic mass is 16.3. The number of hydrogen-bond acceptors (Lipinski definition) is 3. The fourth-order valence-electron chi connectivity index (χ4n) is 4.85. The van der Waals surface area contributed by atoms with Gasteiger partial charge in [0.1, 0.15) is 0 Å². The van der Waals surface area contributed by atoms with Gasteiger partial charge in [-0.3, -0.25) is 4.90 Å². The normalized spacial score (nSPS) is 28.3. The standard InChI is InChI=1S/C20H30N2O/c1-15-12-16(2)14-18(13-15)21-10-5-17(6-11-21)22-9-3-4-19(22)20(23)7-8-20/h12-14,17,19,23H,3-11H2,1-2H3. The summed E-state index contributed by atoms with van der Waals surface area (Å²) in [5.41, 5.74) is 3.77. The topological polar surface area (TPSA) is 26.7 Å². The molecule has 1 atom stereocenters. The summed E-state index contributed by atoms with van der Waals surface area (Å²) in [6.45, 7) is 7.87. The predicted molar refractivity (Wildman–Crippen MR) is 95.1 cm³/mol. The number of hydrogen-bond donors (Lipinski definition) is 1. The molecule has 3 heteroatoms. The van der Waals surface area contributed by atoms with E-state index in [1.54, 1.807) is 0 Å². The van der Waals surface area contributed by atoms with Crippen LogP contribution in [-0.4, -0.2) is 47.3 Å². The van der Waals surface area contributed by atoms with E-state index in [0.717, 1.165) is 25.9 Å². The van der Waals surface area contributed by atoms with Crippen LogP contribution in [0.4, 0.5) is 5.69 Å². The van der Waals surface area contributed by atoms with E-state index in [9.17, 15) is 5.11 Å². The van der Waals surface area contributed by atoms with Gasteiger partial charge in [-0.2, -0.15) is 0 Å². The number of aryl methyl sites for hydroxylation is 2. The van der Waals surface area contributed by atoms with Crippen LogP contribution in [0.2, 0.25) is 0 Å². The van der Waals surface area contributed by atoms with Gasteiger partial charge in [-0.1, -0.05) is 6.07 Å². The van der Waals surface area contributed by atoms with Crippen LogP contribution in [0, 0.1) is 13.8 Å². The van der Waals surface area contributed by atoms with Gasteiger partial charge in [-0.05, 0) is 82.2 Å². The quantitative estimate of drug-likeness (QED) is 0.927. The van der Waals surface area contributed by atoms with Crippen LogP contribution >= 0.6 is 0 Å². The van der Waals surface area contributed by atoms with Crippen LogP contribution in [0.5, 0.6) is 0 Å². The lowest BCUT2D eigenvalue weighted by Crippen LogP contribution is -2.50. The number of likely N-dealkylation sites (tertiary alicyclic amines) is 1. The third kappa shape index (κ3) is 3.01. The number of benzene rings is 1. The van der Waals surface area contributed by atoms with Crippen molar-refractivity contribution < 1.29 is 5.11 Å². The Kier molecular flexibility index (Phi) is 3.89. The fraction of sp³-hybridized carbons (Fsp3) is 0.700. The minimum Gasteiger partial charge on any atom is -0.388 e. The first-order valence-corrected chi connectivity index (χ1v) is 9.36. The average molecular weight is 314 g/mol. The smallest absolute Gasteiger partial charge is 0.0804 e. The molecule has 126 valence electrons. The van der Waals surface area contributed by atoms with Crippen LogP contribution in [0.25, 0.3) is 0 Å². The summed E-state index contributed by atoms with van der Waals surface area (Å²) in [4.78, 5) is 5.21. The fourth-order valence-corrected chi connectivity index (χ4v) is 4.85. The molecule has 0 amide bonds. The van der Waals surface area contributed by atoms with Crippen LogP contribution in [0.1, 0.15) is 49.7 Å². The van der Waals surface area contributed by atoms with Crippen molar-refractivity contribution in [2.24, 2.45) is 0 Å². The molecule has 0 spiro atoms. The molecule has 3 aliphatic rings. The Labute approximate surface area is 140 Å². The number of anilines is 1. The first-order valence-electron chi connectivity index (χ1n) is 9.36. The highest BCUT2D eigenvalue weighted by Crippen LogP contribution is 2.46. The zero-order valence-electron chi connectivity index (χ0n) is 14.6. The largest absolute Gasteiger partial charge is 0.388 e. The lowest BCUT2D eigenvalue weighted by atomic mass is 9.98. The van der Waals surface area contributed by atoms with Gasteiger partial charge in [-0.15, -0.1) is 0 Å². The molecule has 2 saturated heterocycles. The summed E-state index contributed by atoms with van der Waals surface area (Å²) in [5.74, 6) is 0. The van der Waals surface area contributed by atoms with Gasteiger partial charge in [0.2, 0.25) is 0 Å². The van der Waals surface area contributed by atoms with E-state index in [0.29, 0.717) is 12.1 Å². The van der Waals surface area contributed by atoms with Crippen molar-refractivity contribution in [3.8, 4) is 0 Å². The van der Waals surface area contributed by atoms with E-state index in [2.05, 4.69) is 41.8 Å². The van der Waals surface area contributed by atoms with Crippen LogP contribution in [-0.2, 0) is 0 Å². The highest BCUT2D eigenvalue weighted by Gasteiger charge is 2.52. The third-order valence-corrected chi connectivity index (χ3v) is 6.18. The maximum absolute atomic E-state index is 10.6. The number of piperidine rings is 1. The lowest BCUT2D eigenvalue weighted by molar-refractivity contribution is 0.0253. The van der Waals surface area contributed by atoms with Gasteiger partial charge in [0.15, 0.2) is 0 Å². The van der Waals surface area contributed by atoms with Crippen molar-refractivity contribution in [1.29, 1.82) is 0 Å². The third-order valence-electron chi connectivity index (χ3n) is 6.18. The Morgan fingerprint density at radius 1 is 0.957 bits per heavy atom. The van der Waals surface area contributed by atoms with Crippen LogP contribution in [0.15, 0.2) is 18.2 Å². The van der Waals surface area contributed by atoms with Crippen LogP contribution < -0.4 is 4.90 Å². The van der Waals surface area contributed by atoms with Crippen molar-refractivity contribution in [2.75, 3.05) is 24.5 Å². The summed E-state index contributed by atoms with van der Waals surface area (Å²) in [5, 5.41) is 10.6. The molecule has 23 heavy (non-hydrogen) atoms. The second kappa shape index (κ2) is 5.78. The first kappa shape index (κ1) is 15.5. The van der Waals surface area contributed by atoms with Crippen molar-refractivity contribution >= 4 is 5.69 Å². The molecule has 2 heterocycles. The lowest BCUT2D eigenvalue weighted by Gasteiger charge is -2.41. The molecular formula is C20H30N2O. The molecule has 0 radical (unpaired) electrons. The number of rotatable bonds is 3. The van der Waals surface area contributed by atoms with E-state index >= 15 is 0 Å². The SMILES string of the molecule is Cc1cc(C)cc(N2CCC(N3CCCC3C3(O)CC3)CC2)c1. The van der Waals surface area contributed by atoms with Gasteiger partial charge in [0.05, 0.1) is 5.60 Å². The molecular weight excluding hydrogens is 284 g/mol. The number of aliphatic hydroxyl groups is 1. The van der Waals surface area contributed by atoms with E-state index in [4.69, 9.17) is 0 Å². The minimum atomic E-state index is -0.332. The molecule has 4 rings (SSSR count). The molecule has 0 bridgehead atoms. The average Bonchev–Trinajstić information content (AvgIpc) is 3.09. The Balaban J connectivity index is 1.41. The zero-order chi connectivity index (χ0) is 16.0. The van der Waals surface area contributed by atoms with Crippen molar-refractivity contribution in [3.05, 3.63) is 29.3 Å². The Morgan fingerprint density at radius 2 is 1.61 bits per heavy atom. The maximum Gasteiger partial charge on any atom is 0.0804 e. The van der Waals surface area contributed by atoms with Crippen molar-refractivity contribution in [2.45, 2.75) is 70.1 Å². The van der Waals surface area contributed by atoms with Gasteiger partial charge >= 0.3 is 0 Å². The Morgan fingerprint density at radius 3 is 2.22 bits per heavy atom. The molecule has 1 aromatic rings. The van der Waals surface area contributed by atoms with Gasteiger partial charge in [0.25, 0.3) is 0 Å². The molecule has 1 aliphatic carbocycles. The van der Waals surface area contributed by atoms with Gasteiger partial charge in [0, 0.05) is 30.9 Å². The molecule has 1 aromatic carbocycles. The summed E-state index contributed by atoms with van der Waals surface area (Å²) in [6.07, 6.45) is 6.99. The molecule has 1 N–H and O–H groups in total. The molecule has 3 nitrogen and oxygen atoms in total. The monoisotopic (exact) mass is 314 g/mol. The number of nitrogens with zero attached hydrogens (tertiary/aromatic N) is 2. The van der Waals surface area contributed by atoms with E-state index in [1.807, 2.05) is 0 Å². The Bertz CT molecular complexity index is 553. The van der Waals surface area contributed by atoms with Crippen LogP contribution in [0.3, 0.4) is 0 Å². The molecule has 1 unspecified atom stereocenters. The predicted octanol–water partition coefficient (Wildman–Crippen LogP) is 3.26. The van der Waals surface area contributed by atoms with E-state index < -0.39 is 0 Å². The van der Waals surface area contributed by atoms with E-state index in [1.165, 1.54) is 49.0 Å². The molecule has 0 aromatic heterocycles. The molecule has 3 fully saturated rings. The summed E-state index contributed by atoms with van der Waals surface area (Å²) >= 11 is 0. The second-order valence-electron chi connectivity index (χ2n) is 8.06. The maximum atomic E-state index is 10.6. The van der Waals surface area contributed by atoms with Crippen molar-refractivity contribution in [3.63, 3.8) is 0 Å². The minimum absolute atomic E-state index is 0.332. The highest BCUT2D eigenvalue weighted by molar-refractivity contribution is 5.51. The first-order chi connectivity index (χ1) is 11.0. The van der Waals surface area contributed by atoms with Crippen molar-refractivity contribution in [1.82, 2.24) is 4.90 Å². The van der Waals surface area contributed by atoms with E-state index in [-0.39, 0.29) is 5.60 Å². The summed E-state index contributed by atoms with van der Waals surface area (Å²) in [7, 11) is 0. The van der Waals surface area contributed by atoms with Gasteiger partial charge in [-0.25, -0.2) is 0 Å². The van der Waals surface area contributed by atoms with Gasteiger partial charge < -0.3 is 10.0 Å². The Hall–Kier alpha value is -1.06. The molecule has 1 saturated carbocycles. The summed E-state index contributed by atoms with van der Waals surface area (Å²) in [6, 6.07) is 8.01. The zero-order valence-corrected chi connectivity index (χ0v) is 14.6. The summed E-state index contributed by atoms with van der Waals surface area (Å²) < 4.78 is 0. The second-order valence-corrected chi connectivity index (χ2v) is 8.06. The molecule has 2 aliphatic heterocycles.